The number of hydrogen-bond donors (Lipinski definition) is 3. The van der Waals surface area contributed by atoms with E-state index in [1.54, 1.807) is 0 Å². The molecule has 178 valence electrons. The molecule has 3 rings (SSSR count). The molecular formula is C25H40IN5O. The van der Waals surface area contributed by atoms with Crippen molar-refractivity contribution in [2.45, 2.75) is 65.3 Å². The lowest BCUT2D eigenvalue weighted by Crippen LogP contribution is -2.50. The van der Waals surface area contributed by atoms with Gasteiger partial charge in [-0.1, -0.05) is 39.0 Å². The zero-order valence-electron chi connectivity index (χ0n) is 20.0. The van der Waals surface area contributed by atoms with E-state index in [4.69, 9.17) is 0 Å². The van der Waals surface area contributed by atoms with Gasteiger partial charge in [-0.3, -0.25) is 9.79 Å². The molecule has 1 saturated heterocycles. The van der Waals surface area contributed by atoms with E-state index in [-0.39, 0.29) is 29.9 Å². The van der Waals surface area contributed by atoms with E-state index in [1.807, 2.05) is 11.9 Å². The molecule has 0 unspecified atom stereocenters. The summed E-state index contributed by atoms with van der Waals surface area (Å²) in [7, 11) is 1.82. The van der Waals surface area contributed by atoms with Crippen LogP contribution >= 0.6 is 24.0 Å². The van der Waals surface area contributed by atoms with E-state index in [0.29, 0.717) is 11.9 Å². The number of halogens is 1. The second kappa shape index (κ2) is 13.1. The van der Waals surface area contributed by atoms with Crippen LogP contribution in [0.3, 0.4) is 0 Å². The van der Waals surface area contributed by atoms with Gasteiger partial charge in [-0.05, 0) is 49.7 Å². The third-order valence-electron chi connectivity index (χ3n) is 6.66. The van der Waals surface area contributed by atoms with E-state index in [2.05, 4.69) is 65.8 Å². The highest BCUT2D eigenvalue weighted by Gasteiger charge is 2.26. The van der Waals surface area contributed by atoms with E-state index < -0.39 is 0 Å². The summed E-state index contributed by atoms with van der Waals surface area (Å²) >= 11 is 0. The summed E-state index contributed by atoms with van der Waals surface area (Å²) < 4.78 is 0. The molecule has 0 atom stereocenters. The first-order chi connectivity index (χ1) is 15.1. The number of amides is 1. The van der Waals surface area contributed by atoms with Gasteiger partial charge in [-0.25, -0.2) is 0 Å². The number of carbonyl (C=O) groups excluding carboxylic acids is 1. The van der Waals surface area contributed by atoms with E-state index in [1.165, 1.54) is 22.0 Å². The molecule has 3 N–H and O–H groups in total. The smallest absolute Gasteiger partial charge is 0.225 e. The van der Waals surface area contributed by atoms with Gasteiger partial charge in [0.2, 0.25) is 5.91 Å². The standard InChI is InChI=1S/C25H39N5O.HI/c1-5-18(6-2)24(31)30-15-12-21(13-16-30)29-25(26-4)27-14-11-20-17-28-23-19(7-3)9-8-10-22(20)23;/h8-10,17-18,21,28H,5-7,11-16H2,1-4H3,(H2,26,27,29);1H. The van der Waals surface area contributed by atoms with Crippen LogP contribution in [0, 0.1) is 5.92 Å². The van der Waals surface area contributed by atoms with Gasteiger partial charge < -0.3 is 20.5 Å². The number of aromatic nitrogens is 1. The van der Waals surface area contributed by atoms with Gasteiger partial charge in [0.25, 0.3) is 0 Å². The number of aryl methyl sites for hydroxylation is 1. The van der Waals surface area contributed by atoms with Crippen LogP contribution in [0.25, 0.3) is 10.9 Å². The normalized spacial score (nSPS) is 15.2. The van der Waals surface area contributed by atoms with Crippen molar-refractivity contribution < 1.29 is 4.79 Å². The second-order valence-corrected chi connectivity index (χ2v) is 8.51. The number of guanidine groups is 1. The number of hydrogen-bond acceptors (Lipinski definition) is 2. The maximum Gasteiger partial charge on any atom is 0.225 e. The summed E-state index contributed by atoms with van der Waals surface area (Å²) in [5, 5.41) is 8.33. The van der Waals surface area contributed by atoms with Crippen molar-refractivity contribution >= 4 is 46.7 Å². The fraction of sp³-hybridized carbons (Fsp3) is 0.600. The Morgan fingerprint density at radius 3 is 2.53 bits per heavy atom. The van der Waals surface area contributed by atoms with Crippen molar-refractivity contribution in [3.63, 3.8) is 0 Å². The number of para-hydroxylation sites is 1. The van der Waals surface area contributed by atoms with Crippen molar-refractivity contribution in [2.75, 3.05) is 26.7 Å². The van der Waals surface area contributed by atoms with Gasteiger partial charge in [0.15, 0.2) is 5.96 Å². The molecule has 1 aromatic carbocycles. The molecule has 1 amide bonds. The zero-order chi connectivity index (χ0) is 22.2. The Balaban J connectivity index is 0.00000363. The highest BCUT2D eigenvalue weighted by atomic mass is 127. The Bertz CT molecular complexity index is 882. The van der Waals surface area contributed by atoms with Gasteiger partial charge in [-0.15, -0.1) is 24.0 Å². The van der Waals surface area contributed by atoms with Crippen LogP contribution in [0.5, 0.6) is 0 Å². The molecule has 7 heteroatoms. The fourth-order valence-electron chi connectivity index (χ4n) is 4.62. The summed E-state index contributed by atoms with van der Waals surface area (Å²) in [4.78, 5) is 22.5. The number of likely N-dealkylation sites (tertiary alicyclic amines) is 1. The highest BCUT2D eigenvalue weighted by Crippen LogP contribution is 2.22. The molecule has 1 aromatic heterocycles. The maximum absolute atomic E-state index is 12.6. The monoisotopic (exact) mass is 553 g/mol. The second-order valence-electron chi connectivity index (χ2n) is 8.51. The molecule has 0 radical (unpaired) electrons. The third kappa shape index (κ3) is 6.39. The van der Waals surface area contributed by atoms with E-state index >= 15 is 0 Å². The van der Waals surface area contributed by atoms with E-state index in [0.717, 1.165) is 64.1 Å². The average Bonchev–Trinajstić information content (AvgIpc) is 3.22. The first-order valence-electron chi connectivity index (χ1n) is 11.9. The number of carbonyl (C=O) groups is 1. The predicted octanol–water partition coefficient (Wildman–Crippen LogP) is 4.48. The molecule has 0 spiro atoms. The highest BCUT2D eigenvalue weighted by molar-refractivity contribution is 14.0. The Hall–Kier alpha value is -1.77. The minimum atomic E-state index is 0. The lowest BCUT2D eigenvalue weighted by atomic mass is 9.98. The first kappa shape index (κ1) is 26.5. The molecule has 2 aromatic rings. The largest absolute Gasteiger partial charge is 0.361 e. The summed E-state index contributed by atoms with van der Waals surface area (Å²) in [6, 6.07) is 6.89. The fourth-order valence-corrected chi connectivity index (χ4v) is 4.62. The number of rotatable bonds is 8. The quantitative estimate of drug-likeness (QED) is 0.257. The minimum absolute atomic E-state index is 0. The van der Waals surface area contributed by atoms with Crippen molar-refractivity contribution in [1.29, 1.82) is 0 Å². The number of nitrogens with one attached hydrogen (secondary N) is 3. The van der Waals surface area contributed by atoms with Crippen LogP contribution in [0.15, 0.2) is 29.4 Å². The maximum atomic E-state index is 12.6. The Kier molecular flexibility index (Phi) is 10.8. The molecule has 0 aliphatic carbocycles. The van der Waals surface area contributed by atoms with Crippen molar-refractivity contribution in [2.24, 2.45) is 10.9 Å². The summed E-state index contributed by atoms with van der Waals surface area (Å²) in [5.74, 6) is 1.35. The van der Waals surface area contributed by atoms with Gasteiger partial charge >= 0.3 is 0 Å². The van der Waals surface area contributed by atoms with Gasteiger partial charge in [-0.2, -0.15) is 0 Å². The zero-order valence-corrected chi connectivity index (χ0v) is 22.4. The molecule has 0 bridgehead atoms. The summed E-state index contributed by atoms with van der Waals surface area (Å²) in [5.41, 5.74) is 3.96. The average molecular weight is 554 g/mol. The Morgan fingerprint density at radius 2 is 1.91 bits per heavy atom. The van der Waals surface area contributed by atoms with Crippen LogP contribution in [0.4, 0.5) is 0 Å². The molecule has 32 heavy (non-hydrogen) atoms. The van der Waals surface area contributed by atoms with Crippen LogP contribution in [-0.2, 0) is 17.6 Å². The number of aliphatic imine (C=N–C) groups is 1. The lowest BCUT2D eigenvalue weighted by Gasteiger charge is -2.34. The van der Waals surface area contributed by atoms with E-state index in [9.17, 15) is 4.79 Å². The summed E-state index contributed by atoms with van der Waals surface area (Å²) in [6.45, 7) is 8.90. The van der Waals surface area contributed by atoms with Crippen LogP contribution in [0.2, 0.25) is 0 Å². The molecule has 1 aliphatic heterocycles. The van der Waals surface area contributed by atoms with Crippen molar-refractivity contribution in [3.8, 4) is 0 Å². The van der Waals surface area contributed by atoms with Crippen molar-refractivity contribution in [1.82, 2.24) is 20.5 Å². The first-order valence-corrected chi connectivity index (χ1v) is 11.9. The lowest BCUT2D eigenvalue weighted by molar-refractivity contribution is -0.136. The predicted molar refractivity (Wildman–Crippen MR) is 145 cm³/mol. The van der Waals surface area contributed by atoms with Gasteiger partial charge in [0.1, 0.15) is 0 Å². The number of H-pyrrole nitrogens is 1. The number of aromatic amines is 1. The number of benzene rings is 1. The van der Waals surface area contributed by atoms with Gasteiger partial charge in [0, 0.05) is 55.7 Å². The molecular weight excluding hydrogens is 513 g/mol. The molecule has 1 fully saturated rings. The molecule has 6 nitrogen and oxygen atoms in total. The van der Waals surface area contributed by atoms with Crippen LogP contribution in [-0.4, -0.2) is 54.5 Å². The molecule has 0 saturated carbocycles. The number of nitrogens with zero attached hydrogens (tertiary/aromatic N) is 2. The third-order valence-corrected chi connectivity index (χ3v) is 6.66. The van der Waals surface area contributed by atoms with Crippen molar-refractivity contribution in [3.05, 3.63) is 35.5 Å². The van der Waals surface area contributed by atoms with Crippen LogP contribution < -0.4 is 10.6 Å². The van der Waals surface area contributed by atoms with Gasteiger partial charge in [0.05, 0.1) is 0 Å². The van der Waals surface area contributed by atoms with Crippen LogP contribution in [0.1, 0.15) is 57.6 Å². The number of piperidine rings is 1. The SMILES string of the molecule is CCc1cccc2c(CCNC(=NC)NC3CCN(C(=O)C(CC)CC)CC3)c[nH]c12.I. The summed E-state index contributed by atoms with van der Waals surface area (Å²) in [6.07, 6.45) is 7.91. The Morgan fingerprint density at radius 1 is 1.19 bits per heavy atom. The number of fused-ring (bicyclic) bond motifs is 1. The Labute approximate surface area is 210 Å². The molecule has 1 aliphatic rings. The molecule has 2 heterocycles. The topological polar surface area (TPSA) is 72.5 Å². The minimum Gasteiger partial charge on any atom is -0.361 e.